The Kier molecular flexibility index (Phi) is 5.00. The number of hydrogen-bond acceptors (Lipinski definition) is 4. The Bertz CT molecular complexity index is 534. The molecule has 0 spiro atoms. The molecule has 1 saturated heterocycles. The van der Waals surface area contributed by atoms with Crippen LogP contribution in [0.25, 0.3) is 0 Å². The van der Waals surface area contributed by atoms with Gasteiger partial charge >= 0.3 is 6.03 Å². The summed E-state index contributed by atoms with van der Waals surface area (Å²) in [6, 6.07) is 3.51. The fraction of sp³-hybridized carbons (Fsp3) is 0.583. The number of anilines is 1. The highest BCUT2D eigenvalue weighted by atomic mass is 32.2. The summed E-state index contributed by atoms with van der Waals surface area (Å²) in [7, 11) is -3.08. The lowest BCUT2D eigenvalue weighted by molar-refractivity contribution is 0.241. The lowest BCUT2D eigenvalue weighted by atomic mass is 9.98. The monoisotopic (exact) mass is 317 g/mol. The number of thiophene rings is 1. The van der Waals surface area contributed by atoms with E-state index in [-0.39, 0.29) is 6.03 Å². The molecule has 0 radical (unpaired) electrons. The Balaban J connectivity index is 1.70. The van der Waals surface area contributed by atoms with Crippen molar-refractivity contribution in [2.45, 2.75) is 12.8 Å². The van der Waals surface area contributed by atoms with Gasteiger partial charge in [-0.05, 0) is 36.3 Å². The zero-order valence-corrected chi connectivity index (χ0v) is 13.0. The van der Waals surface area contributed by atoms with Crippen LogP contribution in [0, 0.1) is 5.92 Å². The summed E-state index contributed by atoms with van der Waals surface area (Å²) in [5, 5.41) is 8.30. The first-order valence-electron chi connectivity index (χ1n) is 6.48. The molecule has 6 nitrogen and oxygen atoms in total. The molecular weight excluding hydrogens is 298 g/mol. The molecule has 1 fully saturated rings. The zero-order chi connectivity index (χ0) is 14.6. The van der Waals surface area contributed by atoms with Crippen molar-refractivity contribution in [2.75, 3.05) is 31.2 Å². The number of urea groups is 1. The van der Waals surface area contributed by atoms with Gasteiger partial charge in [-0.1, -0.05) is 0 Å². The van der Waals surface area contributed by atoms with Gasteiger partial charge in [0.15, 0.2) is 0 Å². The van der Waals surface area contributed by atoms with E-state index in [1.807, 2.05) is 17.5 Å². The van der Waals surface area contributed by atoms with E-state index in [4.69, 9.17) is 0 Å². The van der Waals surface area contributed by atoms with Crippen molar-refractivity contribution in [3.63, 3.8) is 0 Å². The summed E-state index contributed by atoms with van der Waals surface area (Å²) < 4.78 is 24.3. The molecule has 8 heteroatoms. The van der Waals surface area contributed by atoms with Crippen molar-refractivity contribution >= 4 is 32.4 Å². The van der Waals surface area contributed by atoms with Gasteiger partial charge in [0.2, 0.25) is 10.0 Å². The van der Waals surface area contributed by atoms with Crippen LogP contribution in [0.15, 0.2) is 17.5 Å². The van der Waals surface area contributed by atoms with Crippen LogP contribution in [0.2, 0.25) is 0 Å². The predicted octanol–water partition coefficient (Wildman–Crippen LogP) is 1.54. The highest BCUT2D eigenvalue weighted by molar-refractivity contribution is 7.88. The van der Waals surface area contributed by atoms with Crippen LogP contribution < -0.4 is 10.6 Å². The molecule has 2 amide bonds. The Morgan fingerprint density at radius 1 is 1.45 bits per heavy atom. The van der Waals surface area contributed by atoms with E-state index in [0.717, 1.165) is 17.8 Å². The van der Waals surface area contributed by atoms with E-state index < -0.39 is 10.0 Å². The largest absolute Gasteiger partial charge is 0.338 e. The fourth-order valence-electron chi connectivity index (χ4n) is 2.19. The average molecular weight is 317 g/mol. The number of carbonyl (C=O) groups excluding carboxylic acids is 1. The first-order valence-corrected chi connectivity index (χ1v) is 9.21. The van der Waals surface area contributed by atoms with Crippen LogP contribution in [-0.4, -0.2) is 44.6 Å². The van der Waals surface area contributed by atoms with Crippen molar-refractivity contribution in [1.82, 2.24) is 9.62 Å². The molecule has 112 valence electrons. The predicted molar refractivity (Wildman–Crippen MR) is 80.5 cm³/mol. The molecule has 0 atom stereocenters. The molecule has 0 bridgehead atoms. The zero-order valence-electron chi connectivity index (χ0n) is 11.3. The third-order valence-electron chi connectivity index (χ3n) is 3.35. The van der Waals surface area contributed by atoms with Crippen LogP contribution >= 0.6 is 11.3 Å². The van der Waals surface area contributed by atoms with Gasteiger partial charge < -0.3 is 5.32 Å². The Morgan fingerprint density at radius 3 is 2.70 bits per heavy atom. The van der Waals surface area contributed by atoms with E-state index in [2.05, 4.69) is 10.6 Å². The summed E-state index contributed by atoms with van der Waals surface area (Å²) in [4.78, 5) is 11.7. The third kappa shape index (κ3) is 4.46. The second-order valence-electron chi connectivity index (χ2n) is 4.92. The van der Waals surface area contributed by atoms with Gasteiger partial charge in [0, 0.05) is 19.6 Å². The molecule has 2 N–H and O–H groups in total. The summed E-state index contributed by atoms with van der Waals surface area (Å²) in [5.74, 6) is 0.335. The van der Waals surface area contributed by atoms with Crippen molar-refractivity contribution in [3.8, 4) is 0 Å². The Morgan fingerprint density at radius 2 is 2.15 bits per heavy atom. The molecule has 1 aliphatic heterocycles. The van der Waals surface area contributed by atoms with Crippen molar-refractivity contribution in [1.29, 1.82) is 0 Å². The van der Waals surface area contributed by atoms with E-state index in [0.29, 0.717) is 25.6 Å². The van der Waals surface area contributed by atoms with Crippen LogP contribution in [0.1, 0.15) is 12.8 Å². The highest BCUT2D eigenvalue weighted by Crippen LogP contribution is 2.18. The molecule has 0 aliphatic carbocycles. The van der Waals surface area contributed by atoms with Gasteiger partial charge in [0.05, 0.1) is 11.3 Å². The number of piperidine rings is 1. The number of sulfonamides is 1. The molecule has 0 unspecified atom stereocenters. The smallest absolute Gasteiger partial charge is 0.319 e. The van der Waals surface area contributed by atoms with Crippen LogP contribution in [0.3, 0.4) is 0 Å². The first-order chi connectivity index (χ1) is 9.45. The average Bonchev–Trinajstić information content (AvgIpc) is 2.88. The minimum absolute atomic E-state index is 0.210. The normalized spacial score (nSPS) is 17.9. The number of amides is 2. The molecule has 2 heterocycles. The quantitative estimate of drug-likeness (QED) is 0.884. The SMILES string of the molecule is CS(=O)(=O)N1CCC(CNC(=O)Nc2cccs2)CC1. The minimum Gasteiger partial charge on any atom is -0.338 e. The van der Waals surface area contributed by atoms with Gasteiger partial charge in [0.25, 0.3) is 0 Å². The maximum absolute atomic E-state index is 11.7. The van der Waals surface area contributed by atoms with E-state index in [1.54, 1.807) is 0 Å². The van der Waals surface area contributed by atoms with E-state index in [9.17, 15) is 13.2 Å². The number of nitrogens with one attached hydrogen (secondary N) is 2. The fourth-order valence-corrected chi connectivity index (χ4v) is 3.67. The van der Waals surface area contributed by atoms with Crippen LogP contribution in [-0.2, 0) is 10.0 Å². The molecule has 0 saturated carbocycles. The molecule has 2 rings (SSSR count). The first kappa shape index (κ1) is 15.3. The molecule has 1 aromatic rings. The molecule has 0 aromatic carbocycles. The summed E-state index contributed by atoms with van der Waals surface area (Å²) in [6.07, 6.45) is 2.80. The standard InChI is InChI=1S/C12H19N3O3S2/c1-20(17,18)15-6-4-10(5-7-15)9-13-12(16)14-11-3-2-8-19-11/h2-3,8,10H,4-7,9H2,1H3,(H2,13,14,16). The van der Waals surface area contributed by atoms with Gasteiger partial charge in [-0.15, -0.1) is 11.3 Å². The molecule has 1 aromatic heterocycles. The Hall–Kier alpha value is -1.12. The number of rotatable bonds is 4. The summed E-state index contributed by atoms with van der Waals surface area (Å²) in [5.41, 5.74) is 0. The van der Waals surface area contributed by atoms with Crippen molar-refractivity contribution in [3.05, 3.63) is 17.5 Å². The molecular formula is C12H19N3O3S2. The van der Waals surface area contributed by atoms with Gasteiger partial charge in [-0.2, -0.15) is 0 Å². The van der Waals surface area contributed by atoms with Crippen molar-refractivity contribution < 1.29 is 13.2 Å². The molecule has 20 heavy (non-hydrogen) atoms. The van der Waals surface area contributed by atoms with Crippen LogP contribution in [0.4, 0.5) is 9.80 Å². The van der Waals surface area contributed by atoms with Crippen LogP contribution in [0.5, 0.6) is 0 Å². The maximum Gasteiger partial charge on any atom is 0.319 e. The van der Waals surface area contributed by atoms with E-state index in [1.165, 1.54) is 21.9 Å². The van der Waals surface area contributed by atoms with Gasteiger partial charge in [-0.25, -0.2) is 17.5 Å². The van der Waals surface area contributed by atoms with Gasteiger partial charge in [0.1, 0.15) is 0 Å². The number of hydrogen-bond donors (Lipinski definition) is 2. The Labute approximate surface area is 123 Å². The lowest BCUT2D eigenvalue weighted by Gasteiger charge is -2.30. The second-order valence-corrected chi connectivity index (χ2v) is 7.85. The maximum atomic E-state index is 11.7. The van der Waals surface area contributed by atoms with E-state index >= 15 is 0 Å². The number of carbonyl (C=O) groups is 1. The van der Waals surface area contributed by atoms with Crippen molar-refractivity contribution in [2.24, 2.45) is 5.92 Å². The summed E-state index contributed by atoms with van der Waals surface area (Å²) >= 11 is 1.47. The second kappa shape index (κ2) is 6.55. The number of nitrogens with zero attached hydrogens (tertiary/aromatic N) is 1. The molecule has 1 aliphatic rings. The van der Waals surface area contributed by atoms with Gasteiger partial charge in [-0.3, -0.25) is 5.32 Å². The lowest BCUT2D eigenvalue weighted by Crippen LogP contribution is -2.41. The third-order valence-corrected chi connectivity index (χ3v) is 5.44. The topological polar surface area (TPSA) is 78.5 Å². The summed E-state index contributed by atoms with van der Waals surface area (Å²) in [6.45, 7) is 1.66. The highest BCUT2D eigenvalue weighted by Gasteiger charge is 2.24. The minimum atomic E-state index is -3.08.